The molecule has 0 radical (unpaired) electrons. The van der Waals surface area contributed by atoms with Gasteiger partial charge in [0.25, 0.3) is 11.8 Å². The van der Waals surface area contributed by atoms with Crippen molar-refractivity contribution in [1.82, 2.24) is 39.5 Å². The van der Waals surface area contributed by atoms with Crippen LogP contribution in [0.1, 0.15) is 64.1 Å². The van der Waals surface area contributed by atoms with Gasteiger partial charge in [-0.15, -0.1) is 0 Å². The van der Waals surface area contributed by atoms with Crippen molar-refractivity contribution in [3.63, 3.8) is 0 Å². The minimum atomic E-state index is -0.698. The zero-order chi connectivity index (χ0) is 47.5. The van der Waals surface area contributed by atoms with Gasteiger partial charge in [-0.1, -0.05) is 18.2 Å². The predicted octanol–water partition coefficient (Wildman–Crippen LogP) is 2.79. The Morgan fingerprint density at radius 1 is 0.879 bits per heavy atom. The van der Waals surface area contributed by atoms with Crippen molar-refractivity contribution >= 4 is 63.3 Å². The van der Waals surface area contributed by atoms with Crippen LogP contribution in [0.25, 0.3) is 22.1 Å². The highest BCUT2D eigenvalue weighted by molar-refractivity contribution is 6.47. The van der Waals surface area contributed by atoms with Crippen LogP contribution in [0.3, 0.4) is 0 Å². The van der Waals surface area contributed by atoms with Gasteiger partial charge < -0.3 is 51.2 Å². The Labute approximate surface area is 381 Å². The molecular weight excluding hydrogens is 849 g/mol. The van der Waals surface area contributed by atoms with Crippen LogP contribution in [0.15, 0.2) is 71.4 Å². The lowest BCUT2D eigenvalue weighted by Gasteiger charge is -2.13. The van der Waals surface area contributed by atoms with E-state index in [1.54, 1.807) is 40.7 Å². The summed E-state index contributed by atoms with van der Waals surface area (Å²) in [6.07, 6.45) is 9.80. The van der Waals surface area contributed by atoms with Crippen molar-refractivity contribution in [2.45, 2.75) is 65.9 Å². The van der Waals surface area contributed by atoms with Crippen molar-refractivity contribution < 1.29 is 33.4 Å². The number of aromatic nitrogens is 6. The lowest BCUT2D eigenvalue weighted by Crippen LogP contribution is -2.31. The van der Waals surface area contributed by atoms with Crippen LogP contribution < -0.4 is 47.9 Å². The number of allylic oxidation sites excluding steroid dienone is 3. The Kier molecular flexibility index (Phi) is 16.0. The first-order chi connectivity index (χ1) is 31.7. The third kappa shape index (κ3) is 11.5. The van der Waals surface area contributed by atoms with E-state index in [0.717, 1.165) is 19.5 Å². The number of rotatable bonds is 22. The molecule has 4 heterocycles. The Morgan fingerprint density at radius 2 is 1.50 bits per heavy atom. The maximum atomic E-state index is 13.7. The number of hydrogen-bond acceptors (Lipinski definition) is 14. The van der Waals surface area contributed by atoms with Gasteiger partial charge in [0.2, 0.25) is 23.7 Å². The lowest BCUT2D eigenvalue weighted by molar-refractivity contribution is -0.110. The molecule has 6 rings (SSSR count). The first-order valence-electron chi connectivity index (χ1n) is 21.5. The predicted molar refractivity (Wildman–Crippen MR) is 252 cm³/mol. The van der Waals surface area contributed by atoms with Gasteiger partial charge in [-0.2, -0.15) is 5.10 Å². The van der Waals surface area contributed by atoms with Gasteiger partial charge in [-0.05, 0) is 83.6 Å². The molecule has 5 aromatic rings. The maximum absolute atomic E-state index is 13.7. The second kappa shape index (κ2) is 22.0. The molecule has 0 spiro atoms. The molecule has 1 saturated heterocycles. The van der Waals surface area contributed by atoms with Gasteiger partial charge >= 0.3 is 0 Å². The fraction of sp³-hybridized carbons (Fsp3) is 0.378. The van der Waals surface area contributed by atoms with E-state index in [-0.39, 0.29) is 60.3 Å². The van der Waals surface area contributed by atoms with E-state index >= 15 is 0 Å². The molecule has 0 bridgehead atoms. The van der Waals surface area contributed by atoms with Gasteiger partial charge in [0.05, 0.1) is 36.5 Å². The van der Waals surface area contributed by atoms with E-state index in [9.17, 15) is 19.2 Å². The minimum Gasteiger partial charge on any atom is -0.494 e. The first kappa shape index (κ1) is 48.1. The van der Waals surface area contributed by atoms with Crippen molar-refractivity contribution in [3.05, 3.63) is 88.9 Å². The number of benzene rings is 2. The standard InChI is InChI=1S/C45H58N14O7/c1-7-50-34(17-26(3)46)42(62)54-44-53-33-20-29(41(48)61)22-37(66-16-12-11-15-65-31-23-30(24-49-5)51-25-31)39(33)58(44)14-10-9-13-57-38-32(19-28(40(47)60)21-36(38)64-6)52-45(57)55-43(63)35-18-27(4)56-59(35)8-2/h9-12,17-22,30-31,49,51H,7-8,13-16,23-25,46H2,1-6H3,(H2,47,60)(H2,48,61)(H,52,55,63)(H,53,54,62)/b10-9+,12-11+,26-17-,50-34?. The van der Waals surface area contributed by atoms with E-state index in [1.807, 2.05) is 38.3 Å². The topological polar surface area (TPSA) is 288 Å². The fourth-order valence-corrected chi connectivity index (χ4v) is 7.56. The molecule has 21 nitrogen and oxygen atoms in total. The summed E-state index contributed by atoms with van der Waals surface area (Å²) in [7, 11) is 3.38. The van der Waals surface area contributed by atoms with E-state index in [2.05, 4.69) is 31.4 Å². The average molecular weight is 907 g/mol. The summed E-state index contributed by atoms with van der Waals surface area (Å²) in [5.74, 6) is -1.52. The summed E-state index contributed by atoms with van der Waals surface area (Å²) >= 11 is 0. The number of nitrogens with two attached hydrogens (primary N) is 3. The van der Waals surface area contributed by atoms with E-state index in [0.29, 0.717) is 70.6 Å². The number of primary amides is 2. The number of likely N-dealkylation sites (N-methyl/N-ethyl adjacent to an activating group) is 1. The molecule has 4 amide bonds. The van der Waals surface area contributed by atoms with Crippen molar-refractivity contribution in [2.24, 2.45) is 22.2 Å². The van der Waals surface area contributed by atoms with E-state index in [4.69, 9.17) is 41.4 Å². The summed E-state index contributed by atoms with van der Waals surface area (Å²) in [5, 5.41) is 16.8. The molecule has 2 unspecified atom stereocenters. The van der Waals surface area contributed by atoms with Crippen molar-refractivity contribution in [3.8, 4) is 11.5 Å². The fourth-order valence-electron chi connectivity index (χ4n) is 7.56. The molecule has 10 N–H and O–H groups in total. The molecule has 2 aromatic carbocycles. The smallest absolute Gasteiger partial charge is 0.276 e. The Balaban J connectivity index is 1.35. The van der Waals surface area contributed by atoms with Crippen LogP contribution in [0, 0.1) is 6.92 Å². The minimum absolute atomic E-state index is 0.0892. The second-order valence-electron chi connectivity index (χ2n) is 15.5. The van der Waals surface area contributed by atoms with Crippen LogP contribution in [-0.2, 0) is 29.2 Å². The number of hydrogen-bond donors (Lipinski definition) is 7. The number of nitrogens with one attached hydrogen (secondary N) is 4. The number of ether oxygens (including phenoxy) is 3. The highest BCUT2D eigenvalue weighted by Gasteiger charge is 2.25. The van der Waals surface area contributed by atoms with Crippen LogP contribution in [0.4, 0.5) is 11.9 Å². The highest BCUT2D eigenvalue weighted by atomic mass is 16.5. The summed E-state index contributed by atoms with van der Waals surface area (Å²) < 4.78 is 23.0. The number of imidazole rings is 2. The summed E-state index contributed by atoms with van der Waals surface area (Å²) in [6.45, 7) is 10.3. The third-order valence-corrected chi connectivity index (χ3v) is 10.5. The quantitative estimate of drug-likeness (QED) is 0.0389. The summed E-state index contributed by atoms with van der Waals surface area (Å²) in [6, 6.07) is 8.13. The molecule has 1 fully saturated rings. The molecule has 1 aliphatic heterocycles. The van der Waals surface area contributed by atoms with Gasteiger partial charge in [0.1, 0.15) is 40.5 Å². The third-order valence-electron chi connectivity index (χ3n) is 10.5. The SMILES string of the molecule is CCN=C(/C=C(/C)N)C(=O)Nc1nc2cc(C(N)=O)cc(OC/C=C/COC3CNC(CNC)C3)c2n1C/C=C/Cn1c(NC(=O)c2cc(C)nn2CC)nc2cc(C(N)=O)cc(OC)c21. The second-order valence-corrected chi connectivity index (χ2v) is 15.5. The molecular formula is C45H58N14O7. The highest BCUT2D eigenvalue weighted by Crippen LogP contribution is 2.33. The van der Waals surface area contributed by atoms with Gasteiger partial charge in [-0.3, -0.25) is 39.5 Å². The number of carbonyl (C=O) groups is 4. The zero-order valence-corrected chi connectivity index (χ0v) is 38.0. The summed E-state index contributed by atoms with van der Waals surface area (Å²) in [4.78, 5) is 66.0. The summed E-state index contributed by atoms with van der Waals surface area (Å²) in [5.41, 5.74) is 20.8. The zero-order valence-electron chi connectivity index (χ0n) is 38.0. The largest absolute Gasteiger partial charge is 0.494 e. The first-order valence-corrected chi connectivity index (χ1v) is 21.5. The average Bonchev–Trinajstić information content (AvgIpc) is 4.07. The van der Waals surface area contributed by atoms with Crippen LogP contribution in [-0.4, -0.2) is 117 Å². The van der Waals surface area contributed by atoms with Gasteiger partial charge in [0.15, 0.2) is 0 Å². The van der Waals surface area contributed by atoms with Gasteiger partial charge in [-0.25, -0.2) is 9.97 Å². The number of nitrogens with zero attached hydrogens (tertiary/aromatic N) is 7. The Bertz CT molecular complexity index is 2720. The Hall–Kier alpha value is -7.36. The number of fused-ring (bicyclic) bond motifs is 2. The number of aryl methyl sites for hydroxylation is 2. The van der Waals surface area contributed by atoms with Crippen LogP contribution in [0.2, 0.25) is 0 Å². The molecule has 3 aromatic heterocycles. The lowest BCUT2D eigenvalue weighted by atomic mass is 10.1. The molecule has 21 heteroatoms. The maximum Gasteiger partial charge on any atom is 0.276 e. The molecule has 66 heavy (non-hydrogen) atoms. The van der Waals surface area contributed by atoms with Crippen molar-refractivity contribution in [1.29, 1.82) is 0 Å². The van der Waals surface area contributed by atoms with Crippen molar-refractivity contribution in [2.75, 3.05) is 57.6 Å². The number of methoxy groups -OCH3 is 1. The van der Waals surface area contributed by atoms with Crippen LogP contribution >= 0.6 is 0 Å². The molecule has 2 atom stereocenters. The van der Waals surface area contributed by atoms with Gasteiger partial charge in [0, 0.05) is 62.1 Å². The van der Waals surface area contributed by atoms with E-state index < -0.39 is 23.6 Å². The molecule has 1 aliphatic rings. The van der Waals surface area contributed by atoms with E-state index in [1.165, 1.54) is 37.5 Å². The normalized spacial score (nSPS) is 15.7. The number of aliphatic imine (C=N–C) groups is 1. The number of anilines is 2. The monoisotopic (exact) mass is 906 g/mol. The number of carbonyl (C=O) groups excluding carboxylic acids is 4. The Morgan fingerprint density at radius 3 is 2.09 bits per heavy atom. The number of amides is 4. The van der Waals surface area contributed by atoms with Crippen LogP contribution in [0.5, 0.6) is 11.5 Å². The molecule has 350 valence electrons. The molecule has 0 aliphatic carbocycles. The molecule has 0 saturated carbocycles.